The predicted octanol–water partition coefficient (Wildman–Crippen LogP) is 5.97. The maximum atomic E-state index is 14.4. The number of piperidine rings is 2. The van der Waals surface area contributed by atoms with E-state index in [0.29, 0.717) is 23.9 Å². The lowest BCUT2D eigenvalue weighted by atomic mass is 9.79. The van der Waals surface area contributed by atoms with E-state index in [1.54, 1.807) is 19.4 Å². The monoisotopic (exact) mass is 752 g/mol. The van der Waals surface area contributed by atoms with Gasteiger partial charge in [-0.1, -0.05) is 25.3 Å². The minimum absolute atomic E-state index is 0.0319. The maximum absolute atomic E-state index is 14.4. The van der Waals surface area contributed by atoms with E-state index >= 15 is 0 Å². The number of ether oxygens (including phenoxy) is 2. The van der Waals surface area contributed by atoms with Crippen molar-refractivity contribution in [1.82, 2.24) is 28.3 Å². The Morgan fingerprint density at radius 1 is 0.944 bits per heavy atom. The Bertz CT molecular complexity index is 2270. The van der Waals surface area contributed by atoms with Gasteiger partial charge in [-0.3, -0.25) is 14.3 Å². The zero-order valence-electron chi connectivity index (χ0n) is 31.1. The molecule has 0 radical (unpaired) electrons. The van der Waals surface area contributed by atoms with E-state index in [1.807, 2.05) is 29.9 Å². The van der Waals surface area contributed by atoms with Crippen LogP contribution in [0.4, 0.5) is 0 Å². The topological polar surface area (TPSA) is 128 Å². The van der Waals surface area contributed by atoms with Crippen LogP contribution in [0.15, 0.2) is 42.6 Å². The molecule has 54 heavy (non-hydrogen) atoms. The molecule has 3 saturated heterocycles. The summed E-state index contributed by atoms with van der Waals surface area (Å²) in [6.07, 6.45) is 14.0. The largest absolute Gasteiger partial charge is 0.497 e. The number of benzene rings is 2. The second kappa shape index (κ2) is 14.0. The number of amides is 2. The van der Waals surface area contributed by atoms with Crippen LogP contribution in [0.5, 0.6) is 5.75 Å². The summed E-state index contributed by atoms with van der Waals surface area (Å²) in [5.74, 6) is 0.961. The molecular weight excluding hydrogens is 705 g/mol. The summed E-state index contributed by atoms with van der Waals surface area (Å²) in [5.41, 5.74) is 7.77. The highest BCUT2D eigenvalue weighted by Crippen LogP contribution is 2.48. The molecule has 2 aromatic heterocycles. The van der Waals surface area contributed by atoms with Crippen molar-refractivity contribution < 1.29 is 27.5 Å². The summed E-state index contributed by atoms with van der Waals surface area (Å²) in [6, 6.07) is 12.0. The number of carbonyl (C=O) groups excluding carboxylic acids is 2. The Hall–Kier alpha value is -4.46. The maximum Gasteiger partial charge on any atom is 0.304 e. The van der Waals surface area contributed by atoms with Gasteiger partial charge in [-0.2, -0.15) is 17.8 Å². The minimum Gasteiger partial charge on any atom is -0.497 e. The first-order valence-corrected chi connectivity index (χ1v) is 20.9. The molecule has 2 amide bonds. The van der Waals surface area contributed by atoms with Crippen LogP contribution in [0, 0.1) is 5.92 Å². The molecule has 2 aromatic carbocycles. The molecule has 0 atom stereocenters. The van der Waals surface area contributed by atoms with Crippen LogP contribution in [-0.4, -0.2) is 89.8 Å². The van der Waals surface area contributed by atoms with Crippen LogP contribution in [0.25, 0.3) is 33.8 Å². The summed E-state index contributed by atoms with van der Waals surface area (Å²) >= 11 is 0. The number of fused-ring (bicyclic) bond motifs is 8. The number of rotatable bonds is 7. The molecule has 5 fully saturated rings. The second-order valence-corrected chi connectivity index (χ2v) is 17.3. The van der Waals surface area contributed by atoms with Crippen molar-refractivity contribution in [2.45, 2.75) is 76.3 Å². The molecule has 2 saturated carbocycles. The van der Waals surface area contributed by atoms with Gasteiger partial charge in [-0.15, -0.1) is 0 Å². The highest BCUT2D eigenvalue weighted by molar-refractivity contribution is 7.87. The third kappa shape index (κ3) is 6.14. The lowest BCUT2D eigenvalue weighted by Crippen LogP contribution is -2.50. The fourth-order valence-electron chi connectivity index (χ4n) is 9.80. The molecular formula is C41H48N6O6S. The number of carbonyl (C=O) groups is 2. The van der Waals surface area contributed by atoms with Gasteiger partial charge in [0.1, 0.15) is 5.75 Å². The molecule has 4 aromatic rings. The summed E-state index contributed by atoms with van der Waals surface area (Å²) in [6.45, 7) is 2.16. The Labute approximate surface area is 316 Å². The van der Waals surface area contributed by atoms with Crippen LogP contribution in [0.3, 0.4) is 0 Å². The first-order valence-electron chi connectivity index (χ1n) is 19.5. The van der Waals surface area contributed by atoms with Gasteiger partial charge in [-0.05, 0) is 103 Å². The van der Waals surface area contributed by atoms with Crippen molar-refractivity contribution in [1.29, 1.82) is 0 Å². The Kier molecular flexibility index (Phi) is 9.14. The number of hydrogen-bond donors (Lipinski definition) is 1. The van der Waals surface area contributed by atoms with Crippen molar-refractivity contribution in [3.63, 3.8) is 0 Å². The van der Waals surface area contributed by atoms with E-state index < -0.39 is 16.1 Å². The van der Waals surface area contributed by atoms with Crippen LogP contribution >= 0.6 is 0 Å². The SMILES string of the molecule is COc1ccc2c(c1)C=C(c1c(C(=O)N3CC4CCC3CC4)cnn1C)Cn1c-2c(C2CCCCC2)c2ccc(C(=O)NS(=O)(=O)N3CCOCC3)cc21. The molecule has 0 spiro atoms. The number of morpholine rings is 1. The standard InChI is InChI=1S/C41H48N6O6S/c1-44-38(35(23-42-44)41(49)46-24-26-8-11-31(46)12-9-26)30-20-29-21-32(52-2)13-15-33(29)39-37(27-6-4-3-5-7-27)34-14-10-28(22-36(34)47(39)25-30)40(48)43-54(50,51)45-16-18-53-19-17-45/h10,13-15,20-23,26-27,31H,3-9,11-12,16-19,24-25H2,1-2H3,(H,43,48). The Morgan fingerprint density at radius 3 is 2.44 bits per heavy atom. The van der Waals surface area contributed by atoms with Crippen LogP contribution in [0.1, 0.15) is 101 Å². The highest BCUT2D eigenvalue weighted by atomic mass is 32.2. The van der Waals surface area contributed by atoms with Crippen molar-refractivity contribution in [3.05, 3.63) is 70.5 Å². The van der Waals surface area contributed by atoms with Crippen molar-refractivity contribution in [2.24, 2.45) is 13.0 Å². The second-order valence-electron chi connectivity index (χ2n) is 15.6. The summed E-state index contributed by atoms with van der Waals surface area (Å²) in [5, 5.41) is 5.72. The molecule has 13 heteroatoms. The molecule has 6 aliphatic rings. The van der Waals surface area contributed by atoms with Crippen LogP contribution in [-0.2, 0) is 28.5 Å². The number of methoxy groups -OCH3 is 1. The van der Waals surface area contributed by atoms with E-state index in [4.69, 9.17) is 9.47 Å². The summed E-state index contributed by atoms with van der Waals surface area (Å²) < 4.78 is 45.2. The van der Waals surface area contributed by atoms with Crippen molar-refractivity contribution in [2.75, 3.05) is 40.0 Å². The van der Waals surface area contributed by atoms with Crippen molar-refractivity contribution >= 4 is 44.6 Å². The molecule has 1 N–H and O–H groups in total. The van der Waals surface area contributed by atoms with Crippen LogP contribution in [0.2, 0.25) is 0 Å². The minimum atomic E-state index is -4.05. The van der Waals surface area contributed by atoms with Gasteiger partial charge in [0.05, 0.1) is 50.0 Å². The quantitative estimate of drug-likeness (QED) is 0.246. The zero-order chi connectivity index (χ0) is 37.1. The van der Waals surface area contributed by atoms with E-state index in [9.17, 15) is 18.0 Å². The summed E-state index contributed by atoms with van der Waals surface area (Å²) in [7, 11) is -0.489. The van der Waals surface area contributed by atoms with Gasteiger partial charge >= 0.3 is 10.2 Å². The molecule has 6 heterocycles. The van der Waals surface area contributed by atoms with Crippen LogP contribution < -0.4 is 9.46 Å². The van der Waals surface area contributed by atoms with E-state index in [0.717, 1.165) is 89.8 Å². The fourth-order valence-corrected chi connectivity index (χ4v) is 10.9. The van der Waals surface area contributed by atoms with Crippen molar-refractivity contribution in [3.8, 4) is 17.0 Å². The molecule has 2 aliphatic carbocycles. The number of allylic oxidation sites excluding steroid dienone is 1. The molecule has 12 nitrogen and oxygen atoms in total. The lowest BCUT2D eigenvalue weighted by Gasteiger charge is -2.45. The third-order valence-electron chi connectivity index (χ3n) is 12.5. The molecule has 10 rings (SSSR count). The zero-order valence-corrected chi connectivity index (χ0v) is 31.9. The van der Waals surface area contributed by atoms with Gasteiger partial charge in [0, 0.05) is 54.8 Å². The number of nitrogens with zero attached hydrogens (tertiary/aromatic N) is 5. The van der Waals surface area contributed by atoms with E-state index in [-0.39, 0.29) is 43.8 Å². The number of nitrogens with one attached hydrogen (secondary N) is 1. The van der Waals surface area contributed by atoms with Gasteiger partial charge in [0.25, 0.3) is 11.8 Å². The highest BCUT2D eigenvalue weighted by Gasteiger charge is 2.39. The smallest absolute Gasteiger partial charge is 0.304 e. The first kappa shape index (κ1) is 35.3. The molecule has 2 bridgehead atoms. The number of aromatic nitrogens is 3. The summed E-state index contributed by atoms with van der Waals surface area (Å²) in [4.78, 5) is 30.3. The first-order chi connectivity index (χ1) is 26.2. The third-order valence-corrected chi connectivity index (χ3v) is 14.0. The Morgan fingerprint density at radius 2 is 1.72 bits per heavy atom. The molecule has 4 aliphatic heterocycles. The number of hydrogen-bond acceptors (Lipinski definition) is 7. The van der Waals surface area contributed by atoms with Gasteiger partial charge in [0.15, 0.2) is 0 Å². The Balaban J connectivity index is 1.19. The predicted molar refractivity (Wildman–Crippen MR) is 206 cm³/mol. The number of aryl methyl sites for hydroxylation is 1. The normalized spacial score (nSPS) is 22.0. The average Bonchev–Trinajstić information content (AvgIpc) is 3.69. The van der Waals surface area contributed by atoms with Gasteiger partial charge in [-0.25, -0.2) is 4.72 Å². The lowest BCUT2D eigenvalue weighted by molar-refractivity contribution is 0.0333. The van der Waals surface area contributed by atoms with Gasteiger partial charge in [0.2, 0.25) is 0 Å². The molecule has 284 valence electrons. The average molecular weight is 753 g/mol. The molecule has 0 unspecified atom stereocenters. The van der Waals surface area contributed by atoms with Gasteiger partial charge < -0.3 is 18.9 Å². The fraction of sp³-hybridized carbons (Fsp3) is 0.488. The van der Waals surface area contributed by atoms with E-state index in [1.165, 1.54) is 29.1 Å². The van der Waals surface area contributed by atoms with E-state index in [2.05, 4.69) is 37.5 Å².